The summed E-state index contributed by atoms with van der Waals surface area (Å²) in [4.78, 5) is 0. The SMILES string of the molecule is CC(Cc1ccco1)NN. The van der Waals surface area contributed by atoms with Gasteiger partial charge in [-0.05, 0) is 19.1 Å². The molecule has 10 heavy (non-hydrogen) atoms. The van der Waals surface area contributed by atoms with Crippen molar-refractivity contribution in [2.45, 2.75) is 19.4 Å². The fourth-order valence-corrected chi connectivity index (χ4v) is 0.789. The number of nitrogens with one attached hydrogen (secondary N) is 1. The van der Waals surface area contributed by atoms with E-state index in [4.69, 9.17) is 10.3 Å². The second-order valence-electron chi connectivity index (χ2n) is 2.35. The number of hydrogen-bond acceptors (Lipinski definition) is 3. The molecule has 3 N–H and O–H groups in total. The van der Waals surface area contributed by atoms with Crippen LogP contribution in [0, 0.1) is 0 Å². The molecule has 56 valence electrons. The Labute approximate surface area is 60.2 Å². The van der Waals surface area contributed by atoms with Crippen molar-refractivity contribution in [3.63, 3.8) is 0 Å². The molecule has 0 spiro atoms. The third kappa shape index (κ3) is 1.86. The molecule has 3 nitrogen and oxygen atoms in total. The molecule has 1 unspecified atom stereocenters. The Morgan fingerprint density at radius 1 is 1.80 bits per heavy atom. The summed E-state index contributed by atoms with van der Waals surface area (Å²) < 4.78 is 5.11. The molecule has 0 saturated heterocycles. The minimum absolute atomic E-state index is 0.270. The van der Waals surface area contributed by atoms with Crippen molar-refractivity contribution in [3.05, 3.63) is 24.2 Å². The van der Waals surface area contributed by atoms with E-state index in [1.54, 1.807) is 6.26 Å². The third-order valence-corrected chi connectivity index (χ3v) is 1.37. The zero-order valence-corrected chi connectivity index (χ0v) is 6.00. The van der Waals surface area contributed by atoms with Crippen LogP contribution in [0.1, 0.15) is 12.7 Å². The van der Waals surface area contributed by atoms with Gasteiger partial charge in [-0.25, -0.2) is 0 Å². The Hall–Kier alpha value is -0.800. The molecule has 1 aromatic heterocycles. The molecule has 1 aromatic rings. The molecular formula is C7H12N2O. The average Bonchev–Trinajstić information content (AvgIpc) is 2.40. The third-order valence-electron chi connectivity index (χ3n) is 1.37. The standard InChI is InChI=1S/C7H12N2O/c1-6(9-8)5-7-3-2-4-10-7/h2-4,6,9H,5,8H2,1H3. The van der Waals surface area contributed by atoms with Crippen LogP contribution in [0.25, 0.3) is 0 Å². The van der Waals surface area contributed by atoms with Gasteiger partial charge in [-0.15, -0.1) is 0 Å². The summed E-state index contributed by atoms with van der Waals surface area (Å²) in [7, 11) is 0. The maximum absolute atomic E-state index is 5.20. The first-order chi connectivity index (χ1) is 4.83. The fourth-order valence-electron chi connectivity index (χ4n) is 0.789. The van der Waals surface area contributed by atoms with Gasteiger partial charge < -0.3 is 4.42 Å². The smallest absolute Gasteiger partial charge is 0.105 e. The van der Waals surface area contributed by atoms with Crippen LogP contribution in [0.5, 0.6) is 0 Å². The molecule has 0 radical (unpaired) electrons. The molecule has 0 fully saturated rings. The summed E-state index contributed by atoms with van der Waals surface area (Å²) in [5, 5.41) is 0. The Morgan fingerprint density at radius 2 is 2.60 bits per heavy atom. The first-order valence-electron chi connectivity index (χ1n) is 3.31. The van der Waals surface area contributed by atoms with Crippen LogP contribution in [0.15, 0.2) is 22.8 Å². The number of hydrazine groups is 1. The van der Waals surface area contributed by atoms with Crippen molar-refractivity contribution < 1.29 is 4.42 Å². The molecule has 0 aliphatic rings. The van der Waals surface area contributed by atoms with Gasteiger partial charge in [-0.3, -0.25) is 11.3 Å². The number of hydrogen-bond donors (Lipinski definition) is 2. The molecule has 1 heterocycles. The van der Waals surface area contributed by atoms with E-state index in [0.29, 0.717) is 0 Å². The van der Waals surface area contributed by atoms with Gasteiger partial charge in [0.05, 0.1) is 6.26 Å². The molecule has 3 heteroatoms. The van der Waals surface area contributed by atoms with Gasteiger partial charge in [-0.2, -0.15) is 0 Å². The molecule has 0 saturated carbocycles. The summed E-state index contributed by atoms with van der Waals surface area (Å²) in [5.74, 6) is 6.16. The van der Waals surface area contributed by atoms with Gasteiger partial charge in [-0.1, -0.05) is 0 Å². The molecule has 0 aromatic carbocycles. The monoisotopic (exact) mass is 140 g/mol. The van der Waals surface area contributed by atoms with Gasteiger partial charge in [0.2, 0.25) is 0 Å². The highest BCUT2D eigenvalue weighted by Crippen LogP contribution is 2.02. The lowest BCUT2D eigenvalue weighted by molar-refractivity contribution is 0.462. The van der Waals surface area contributed by atoms with Gasteiger partial charge in [0, 0.05) is 12.5 Å². The molecule has 1 atom stereocenters. The van der Waals surface area contributed by atoms with Gasteiger partial charge in [0.25, 0.3) is 0 Å². The highest BCUT2D eigenvalue weighted by Gasteiger charge is 2.01. The van der Waals surface area contributed by atoms with E-state index in [9.17, 15) is 0 Å². The first-order valence-corrected chi connectivity index (χ1v) is 3.31. The topological polar surface area (TPSA) is 51.2 Å². The molecule has 0 aliphatic heterocycles. The zero-order valence-electron chi connectivity index (χ0n) is 6.00. The van der Waals surface area contributed by atoms with Gasteiger partial charge in [0.1, 0.15) is 5.76 Å². The first kappa shape index (κ1) is 7.31. The normalized spacial score (nSPS) is 13.4. The molecule has 0 bridgehead atoms. The van der Waals surface area contributed by atoms with E-state index in [0.717, 1.165) is 12.2 Å². The van der Waals surface area contributed by atoms with E-state index in [2.05, 4.69) is 5.43 Å². The minimum Gasteiger partial charge on any atom is -0.469 e. The maximum atomic E-state index is 5.20. The van der Waals surface area contributed by atoms with Crippen LogP contribution in [0.2, 0.25) is 0 Å². The van der Waals surface area contributed by atoms with Gasteiger partial charge in [0.15, 0.2) is 0 Å². The van der Waals surface area contributed by atoms with Gasteiger partial charge >= 0.3 is 0 Å². The summed E-state index contributed by atoms with van der Waals surface area (Å²) in [6.07, 6.45) is 2.50. The average molecular weight is 140 g/mol. The predicted molar refractivity (Wildman–Crippen MR) is 39.2 cm³/mol. The van der Waals surface area contributed by atoms with Crippen LogP contribution in [0.3, 0.4) is 0 Å². The molecular weight excluding hydrogens is 128 g/mol. The number of nitrogens with two attached hydrogens (primary N) is 1. The van der Waals surface area contributed by atoms with E-state index in [1.165, 1.54) is 0 Å². The summed E-state index contributed by atoms with van der Waals surface area (Å²) in [6, 6.07) is 4.08. The van der Waals surface area contributed by atoms with Crippen LogP contribution in [-0.4, -0.2) is 6.04 Å². The largest absolute Gasteiger partial charge is 0.469 e. The molecule has 1 rings (SSSR count). The summed E-state index contributed by atoms with van der Waals surface area (Å²) >= 11 is 0. The Morgan fingerprint density at radius 3 is 3.10 bits per heavy atom. The lowest BCUT2D eigenvalue weighted by Crippen LogP contribution is -2.33. The van der Waals surface area contributed by atoms with E-state index >= 15 is 0 Å². The summed E-state index contributed by atoms with van der Waals surface area (Å²) in [5.41, 5.74) is 2.64. The van der Waals surface area contributed by atoms with E-state index < -0.39 is 0 Å². The minimum atomic E-state index is 0.270. The predicted octanol–water partition coefficient (Wildman–Crippen LogP) is 0.674. The fraction of sp³-hybridized carbons (Fsp3) is 0.429. The Bertz CT molecular complexity index is 172. The van der Waals surface area contributed by atoms with Crippen molar-refractivity contribution in [2.75, 3.05) is 0 Å². The highest BCUT2D eigenvalue weighted by molar-refractivity contribution is 4.99. The second kappa shape index (κ2) is 3.39. The second-order valence-corrected chi connectivity index (χ2v) is 2.35. The zero-order chi connectivity index (χ0) is 7.40. The van der Waals surface area contributed by atoms with Crippen LogP contribution < -0.4 is 11.3 Å². The number of furan rings is 1. The lowest BCUT2D eigenvalue weighted by atomic mass is 10.2. The van der Waals surface area contributed by atoms with E-state index in [1.807, 2.05) is 19.1 Å². The maximum Gasteiger partial charge on any atom is 0.105 e. The molecule has 0 aliphatic carbocycles. The Balaban J connectivity index is 2.40. The van der Waals surface area contributed by atoms with Crippen molar-refractivity contribution >= 4 is 0 Å². The lowest BCUT2D eigenvalue weighted by Gasteiger charge is -2.05. The van der Waals surface area contributed by atoms with Crippen LogP contribution >= 0.6 is 0 Å². The van der Waals surface area contributed by atoms with Crippen LogP contribution in [0.4, 0.5) is 0 Å². The van der Waals surface area contributed by atoms with Crippen LogP contribution in [-0.2, 0) is 6.42 Å². The quantitative estimate of drug-likeness (QED) is 0.479. The Kier molecular flexibility index (Phi) is 2.48. The summed E-state index contributed by atoms with van der Waals surface area (Å²) in [6.45, 7) is 2.00. The van der Waals surface area contributed by atoms with Crippen molar-refractivity contribution in [1.82, 2.24) is 5.43 Å². The number of rotatable bonds is 3. The highest BCUT2D eigenvalue weighted by atomic mass is 16.3. The van der Waals surface area contributed by atoms with E-state index in [-0.39, 0.29) is 6.04 Å². The van der Waals surface area contributed by atoms with Crippen molar-refractivity contribution in [1.29, 1.82) is 0 Å². The van der Waals surface area contributed by atoms with Crippen molar-refractivity contribution in [3.8, 4) is 0 Å². The molecule has 0 amide bonds. The van der Waals surface area contributed by atoms with Crippen molar-refractivity contribution in [2.24, 2.45) is 5.84 Å².